The molecule has 162 valence electrons. The predicted molar refractivity (Wildman–Crippen MR) is 128 cm³/mol. The molecule has 0 aliphatic carbocycles. The maximum atomic E-state index is 12.4. The molecule has 2 N–H and O–H groups in total. The first-order valence-electron chi connectivity index (χ1n) is 9.90. The van der Waals surface area contributed by atoms with Crippen molar-refractivity contribution < 1.29 is 9.59 Å². The number of rotatable bonds is 4. The van der Waals surface area contributed by atoms with Crippen molar-refractivity contribution in [2.24, 2.45) is 4.99 Å². The number of hydrogen-bond donors (Lipinski definition) is 2. The predicted octanol–water partition coefficient (Wildman–Crippen LogP) is 2.46. The Morgan fingerprint density at radius 2 is 1.72 bits per heavy atom. The number of aliphatic imine (C=N–C) groups is 1. The average molecular weight is 515 g/mol. The van der Waals surface area contributed by atoms with Crippen molar-refractivity contribution in [1.82, 2.24) is 20.4 Å². The molecule has 2 amide bonds. The van der Waals surface area contributed by atoms with Crippen LogP contribution < -0.4 is 10.6 Å². The summed E-state index contributed by atoms with van der Waals surface area (Å²) in [6.45, 7) is 13.8. The van der Waals surface area contributed by atoms with E-state index in [0.717, 1.165) is 31.2 Å². The van der Waals surface area contributed by atoms with E-state index < -0.39 is 0 Å². The van der Waals surface area contributed by atoms with Gasteiger partial charge in [-0.3, -0.25) is 9.59 Å². The second kappa shape index (κ2) is 11.4. The van der Waals surface area contributed by atoms with Gasteiger partial charge in [0.1, 0.15) is 0 Å². The van der Waals surface area contributed by atoms with Gasteiger partial charge in [-0.1, -0.05) is 12.1 Å². The van der Waals surface area contributed by atoms with Crippen LogP contribution in [0.1, 0.15) is 50.5 Å². The lowest BCUT2D eigenvalue weighted by Crippen LogP contribution is -2.53. The van der Waals surface area contributed by atoms with E-state index in [4.69, 9.17) is 4.99 Å². The van der Waals surface area contributed by atoms with Gasteiger partial charge in [0.15, 0.2) is 5.96 Å². The van der Waals surface area contributed by atoms with Crippen LogP contribution in [-0.4, -0.2) is 65.8 Å². The molecule has 1 aliphatic rings. The normalized spacial score (nSPS) is 14.9. The zero-order valence-corrected chi connectivity index (χ0v) is 20.4. The molecule has 0 saturated carbocycles. The molecule has 0 radical (unpaired) electrons. The van der Waals surface area contributed by atoms with E-state index in [1.165, 1.54) is 0 Å². The third-order valence-electron chi connectivity index (χ3n) is 4.45. The highest BCUT2D eigenvalue weighted by Gasteiger charge is 2.21. The van der Waals surface area contributed by atoms with E-state index in [9.17, 15) is 9.59 Å². The zero-order valence-electron chi connectivity index (χ0n) is 18.1. The summed E-state index contributed by atoms with van der Waals surface area (Å²) in [7, 11) is 0. The third-order valence-corrected chi connectivity index (χ3v) is 4.45. The minimum atomic E-state index is -0.272. The number of halogens is 1. The van der Waals surface area contributed by atoms with Gasteiger partial charge in [0, 0.05) is 50.7 Å². The van der Waals surface area contributed by atoms with Crippen LogP contribution in [0.2, 0.25) is 0 Å². The molecule has 1 aromatic rings. The van der Waals surface area contributed by atoms with Gasteiger partial charge in [-0.05, 0) is 45.4 Å². The summed E-state index contributed by atoms with van der Waals surface area (Å²) in [5.74, 6) is 0.882. The van der Waals surface area contributed by atoms with Crippen molar-refractivity contribution in [2.75, 3.05) is 32.7 Å². The molecule has 7 nitrogen and oxygen atoms in total. The zero-order chi connectivity index (χ0) is 20.7. The molecule has 1 heterocycles. The van der Waals surface area contributed by atoms with Gasteiger partial charge < -0.3 is 20.4 Å². The Kier molecular flexibility index (Phi) is 9.88. The lowest BCUT2D eigenvalue weighted by atomic mass is 10.1. The summed E-state index contributed by atoms with van der Waals surface area (Å²) in [5, 5.41) is 6.31. The minimum Gasteiger partial charge on any atom is -0.357 e. The first kappa shape index (κ1) is 25.2. The lowest BCUT2D eigenvalue weighted by molar-refractivity contribution is -0.130. The Hall–Kier alpha value is -1.84. The van der Waals surface area contributed by atoms with Gasteiger partial charge in [0.2, 0.25) is 5.91 Å². The Bertz CT molecular complexity index is 722. The topological polar surface area (TPSA) is 77.0 Å². The number of carbonyl (C=O) groups excluding carboxylic acids is 2. The monoisotopic (exact) mass is 515 g/mol. The summed E-state index contributed by atoms with van der Waals surface area (Å²) in [6, 6.07) is 7.58. The van der Waals surface area contributed by atoms with E-state index >= 15 is 0 Å². The molecular weight excluding hydrogens is 481 g/mol. The SMILES string of the molecule is CCNC(=NCc1cccc(C(=O)NC(C)(C)C)c1)N1CCN(C(C)=O)CC1.I. The number of piperazine rings is 1. The Balaban J connectivity index is 0.00000420. The molecule has 0 aromatic heterocycles. The summed E-state index contributed by atoms with van der Waals surface area (Å²) in [4.78, 5) is 32.7. The number of benzene rings is 1. The van der Waals surface area contributed by atoms with Crippen LogP contribution in [0.25, 0.3) is 0 Å². The van der Waals surface area contributed by atoms with E-state index in [1.54, 1.807) is 6.92 Å². The molecule has 0 atom stereocenters. The van der Waals surface area contributed by atoms with Gasteiger partial charge in [-0.15, -0.1) is 24.0 Å². The third kappa shape index (κ3) is 8.20. The van der Waals surface area contributed by atoms with Crippen molar-refractivity contribution in [1.29, 1.82) is 0 Å². The van der Waals surface area contributed by atoms with E-state index in [0.29, 0.717) is 25.2 Å². The number of guanidine groups is 1. The van der Waals surface area contributed by atoms with Crippen LogP contribution in [0.4, 0.5) is 0 Å². The van der Waals surface area contributed by atoms with E-state index in [1.807, 2.05) is 56.9 Å². The number of amides is 2. The lowest BCUT2D eigenvalue weighted by Gasteiger charge is -2.36. The molecule has 8 heteroatoms. The average Bonchev–Trinajstić information content (AvgIpc) is 2.64. The highest BCUT2D eigenvalue weighted by molar-refractivity contribution is 14.0. The molecule has 1 saturated heterocycles. The van der Waals surface area contributed by atoms with Crippen LogP contribution in [0.15, 0.2) is 29.3 Å². The molecule has 1 aliphatic heterocycles. The maximum absolute atomic E-state index is 12.4. The Morgan fingerprint density at radius 1 is 1.10 bits per heavy atom. The number of carbonyl (C=O) groups is 2. The number of nitrogens with one attached hydrogen (secondary N) is 2. The van der Waals surface area contributed by atoms with Crippen LogP contribution in [0, 0.1) is 0 Å². The molecule has 0 spiro atoms. The summed E-state index contributed by atoms with van der Waals surface area (Å²) < 4.78 is 0. The van der Waals surface area contributed by atoms with Crippen molar-refractivity contribution in [3.63, 3.8) is 0 Å². The second-order valence-corrected chi connectivity index (χ2v) is 8.07. The van der Waals surface area contributed by atoms with Crippen molar-refractivity contribution in [3.05, 3.63) is 35.4 Å². The van der Waals surface area contributed by atoms with Gasteiger partial charge in [-0.25, -0.2) is 4.99 Å². The fourth-order valence-electron chi connectivity index (χ4n) is 3.05. The number of nitrogens with zero attached hydrogens (tertiary/aromatic N) is 3. The highest BCUT2D eigenvalue weighted by atomic mass is 127. The van der Waals surface area contributed by atoms with E-state index in [-0.39, 0.29) is 41.3 Å². The first-order chi connectivity index (χ1) is 13.2. The van der Waals surface area contributed by atoms with Crippen molar-refractivity contribution in [3.8, 4) is 0 Å². The smallest absolute Gasteiger partial charge is 0.251 e. The van der Waals surface area contributed by atoms with E-state index in [2.05, 4.69) is 15.5 Å². The van der Waals surface area contributed by atoms with Gasteiger partial charge in [0.25, 0.3) is 5.91 Å². The molecular formula is C21H34IN5O2. The fraction of sp³-hybridized carbons (Fsp3) is 0.571. The molecule has 1 fully saturated rings. The molecule has 2 rings (SSSR count). The first-order valence-corrected chi connectivity index (χ1v) is 9.90. The maximum Gasteiger partial charge on any atom is 0.251 e. The van der Waals surface area contributed by atoms with Gasteiger partial charge in [0.05, 0.1) is 6.54 Å². The molecule has 0 unspecified atom stereocenters. The van der Waals surface area contributed by atoms with Gasteiger partial charge in [-0.2, -0.15) is 0 Å². The Morgan fingerprint density at radius 3 is 2.28 bits per heavy atom. The highest BCUT2D eigenvalue weighted by Crippen LogP contribution is 2.10. The Labute approximate surface area is 191 Å². The molecule has 0 bridgehead atoms. The summed E-state index contributed by atoms with van der Waals surface area (Å²) >= 11 is 0. The summed E-state index contributed by atoms with van der Waals surface area (Å²) in [6.07, 6.45) is 0. The second-order valence-electron chi connectivity index (χ2n) is 8.07. The van der Waals surface area contributed by atoms with Crippen LogP contribution in [0.5, 0.6) is 0 Å². The molecule has 1 aromatic carbocycles. The fourth-order valence-corrected chi connectivity index (χ4v) is 3.05. The van der Waals surface area contributed by atoms with Crippen molar-refractivity contribution >= 4 is 41.8 Å². The van der Waals surface area contributed by atoms with Crippen LogP contribution >= 0.6 is 24.0 Å². The van der Waals surface area contributed by atoms with Gasteiger partial charge >= 0.3 is 0 Å². The largest absolute Gasteiger partial charge is 0.357 e. The van der Waals surface area contributed by atoms with Crippen LogP contribution in [0.3, 0.4) is 0 Å². The number of hydrogen-bond acceptors (Lipinski definition) is 3. The standard InChI is InChI=1S/C21H33N5O2.HI/c1-6-22-20(26-12-10-25(11-13-26)16(2)27)23-15-17-8-7-9-18(14-17)19(28)24-21(3,4)5;/h7-9,14H,6,10-13,15H2,1-5H3,(H,22,23)(H,24,28);1H. The van der Waals surface area contributed by atoms with Crippen LogP contribution in [-0.2, 0) is 11.3 Å². The minimum absolute atomic E-state index is 0. The van der Waals surface area contributed by atoms with Crippen molar-refractivity contribution in [2.45, 2.75) is 46.7 Å². The quantitative estimate of drug-likeness (QED) is 0.367. The molecule has 29 heavy (non-hydrogen) atoms. The summed E-state index contributed by atoms with van der Waals surface area (Å²) in [5.41, 5.74) is 1.35.